The molecule has 0 unspecified atom stereocenters. The number of anilines is 1. The van der Waals surface area contributed by atoms with Crippen molar-refractivity contribution in [1.29, 1.82) is 0 Å². The van der Waals surface area contributed by atoms with Crippen molar-refractivity contribution in [2.24, 2.45) is 0 Å². The maximum Gasteiger partial charge on any atom is 0.338 e. The van der Waals surface area contributed by atoms with Crippen molar-refractivity contribution in [2.75, 3.05) is 11.3 Å². The Morgan fingerprint density at radius 1 is 0.833 bits per heavy atom. The van der Waals surface area contributed by atoms with E-state index in [9.17, 15) is 18.0 Å². The van der Waals surface area contributed by atoms with Crippen molar-refractivity contribution in [2.45, 2.75) is 10.3 Å². The summed E-state index contributed by atoms with van der Waals surface area (Å²) in [6.07, 6.45) is 0. The Labute approximate surface area is 221 Å². The molecule has 0 aliphatic rings. The zero-order chi connectivity index (χ0) is 25.5. The molecule has 2 N–H and O–H groups in total. The first kappa shape index (κ1) is 25.6. The average molecular weight is 586 g/mol. The Balaban J connectivity index is 1.36. The van der Waals surface area contributed by atoms with Crippen LogP contribution in [0.15, 0.2) is 105 Å². The van der Waals surface area contributed by atoms with Crippen LogP contribution in [-0.2, 0) is 19.6 Å². The van der Waals surface area contributed by atoms with Gasteiger partial charge >= 0.3 is 5.97 Å². The molecule has 1 amide bonds. The standard InChI is InChI=1S/C26H21BrN2O5S2/c27-22-15-16-24(35-22)36(32,33)29-21-13-11-20(12-14-21)26(31)34-17-23(30)28-25(18-7-3-1-4-8-18)19-9-5-2-6-10-19/h1-16,25,29H,17H2,(H,28,30). The fraction of sp³-hybridized carbons (Fsp3) is 0.0769. The van der Waals surface area contributed by atoms with Crippen LogP contribution < -0.4 is 10.0 Å². The molecule has 0 saturated heterocycles. The molecule has 0 bridgehead atoms. The largest absolute Gasteiger partial charge is 0.452 e. The van der Waals surface area contributed by atoms with Gasteiger partial charge in [-0.2, -0.15) is 0 Å². The number of rotatable bonds is 9. The number of carbonyl (C=O) groups excluding carboxylic acids is 2. The Hall–Kier alpha value is -3.47. The molecule has 0 spiro atoms. The second kappa shape index (κ2) is 11.5. The summed E-state index contributed by atoms with van der Waals surface area (Å²) in [4.78, 5) is 25.1. The summed E-state index contributed by atoms with van der Waals surface area (Å²) in [5, 5.41) is 2.91. The molecule has 10 heteroatoms. The van der Waals surface area contributed by atoms with Crippen molar-refractivity contribution >= 4 is 54.9 Å². The molecule has 0 aliphatic heterocycles. The summed E-state index contributed by atoms with van der Waals surface area (Å²) < 4.78 is 33.4. The van der Waals surface area contributed by atoms with Crippen molar-refractivity contribution in [3.63, 3.8) is 0 Å². The van der Waals surface area contributed by atoms with E-state index in [1.807, 2.05) is 60.7 Å². The molecule has 0 atom stereocenters. The Morgan fingerprint density at radius 2 is 1.42 bits per heavy atom. The SMILES string of the molecule is O=C(COC(=O)c1ccc(NS(=O)(=O)c2ccc(Br)s2)cc1)NC(c1ccccc1)c1ccccc1. The molecule has 7 nitrogen and oxygen atoms in total. The molecule has 4 rings (SSSR count). The highest BCUT2D eigenvalue weighted by atomic mass is 79.9. The lowest BCUT2D eigenvalue weighted by atomic mass is 9.99. The van der Waals surface area contributed by atoms with Crippen LogP contribution in [0.25, 0.3) is 0 Å². The molecule has 184 valence electrons. The summed E-state index contributed by atoms with van der Waals surface area (Å²) in [5.41, 5.74) is 2.28. The van der Waals surface area contributed by atoms with Crippen LogP contribution in [0.3, 0.4) is 0 Å². The number of carbonyl (C=O) groups is 2. The first-order valence-corrected chi connectivity index (χ1v) is 13.9. The lowest BCUT2D eigenvalue weighted by molar-refractivity contribution is -0.124. The van der Waals surface area contributed by atoms with Gasteiger partial charge < -0.3 is 10.1 Å². The smallest absolute Gasteiger partial charge is 0.338 e. The van der Waals surface area contributed by atoms with Gasteiger partial charge in [0.2, 0.25) is 0 Å². The normalized spacial score (nSPS) is 11.2. The van der Waals surface area contributed by atoms with Crippen LogP contribution in [0.2, 0.25) is 0 Å². The van der Waals surface area contributed by atoms with E-state index in [0.717, 1.165) is 22.5 Å². The van der Waals surface area contributed by atoms with Crippen LogP contribution in [0.1, 0.15) is 27.5 Å². The zero-order valence-electron chi connectivity index (χ0n) is 18.8. The highest BCUT2D eigenvalue weighted by Crippen LogP contribution is 2.27. The van der Waals surface area contributed by atoms with Gasteiger partial charge in [0.15, 0.2) is 6.61 Å². The quantitative estimate of drug-likeness (QED) is 0.257. The van der Waals surface area contributed by atoms with Crippen LogP contribution >= 0.6 is 27.3 Å². The number of hydrogen-bond acceptors (Lipinski definition) is 6. The van der Waals surface area contributed by atoms with Gasteiger partial charge in [0, 0.05) is 5.69 Å². The first-order valence-electron chi connectivity index (χ1n) is 10.8. The molecule has 4 aromatic rings. The minimum Gasteiger partial charge on any atom is -0.452 e. The monoisotopic (exact) mass is 584 g/mol. The minimum atomic E-state index is -3.74. The molecule has 1 heterocycles. The predicted octanol–water partition coefficient (Wildman–Crippen LogP) is 5.37. The lowest BCUT2D eigenvalue weighted by Gasteiger charge is -2.20. The first-order chi connectivity index (χ1) is 17.3. The van der Waals surface area contributed by atoms with Gasteiger partial charge in [0.1, 0.15) is 4.21 Å². The van der Waals surface area contributed by atoms with Gasteiger partial charge in [-0.1, -0.05) is 60.7 Å². The number of ether oxygens (including phenoxy) is 1. The zero-order valence-corrected chi connectivity index (χ0v) is 22.0. The van der Waals surface area contributed by atoms with Gasteiger partial charge in [0.05, 0.1) is 15.4 Å². The third-order valence-corrected chi connectivity index (χ3v) is 8.59. The van der Waals surface area contributed by atoms with Gasteiger partial charge in [0.25, 0.3) is 15.9 Å². The molecule has 0 radical (unpaired) electrons. The van der Waals surface area contributed by atoms with E-state index >= 15 is 0 Å². The van der Waals surface area contributed by atoms with Crippen molar-refractivity contribution < 1.29 is 22.7 Å². The van der Waals surface area contributed by atoms with Crippen LogP contribution in [-0.4, -0.2) is 26.9 Å². The Morgan fingerprint density at radius 3 is 1.94 bits per heavy atom. The topological polar surface area (TPSA) is 102 Å². The molecule has 1 aromatic heterocycles. The number of halogens is 1. The number of esters is 1. The number of thiophene rings is 1. The van der Waals surface area contributed by atoms with E-state index in [4.69, 9.17) is 4.74 Å². The molecule has 3 aromatic carbocycles. The van der Waals surface area contributed by atoms with E-state index in [1.54, 1.807) is 6.07 Å². The highest BCUT2D eigenvalue weighted by Gasteiger charge is 2.19. The number of amides is 1. The molecule has 36 heavy (non-hydrogen) atoms. The number of sulfonamides is 1. The summed E-state index contributed by atoms with van der Waals surface area (Å²) in [7, 11) is -3.74. The van der Waals surface area contributed by atoms with E-state index in [0.29, 0.717) is 9.47 Å². The molecule has 0 fully saturated rings. The maximum atomic E-state index is 12.6. The summed E-state index contributed by atoms with van der Waals surface area (Å²) in [6.45, 7) is -0.462. The third kappa shape index (κ3) is 6.60. The lowest BCUT2D eigenvalue weighted by Crippen LogP contribution is -2.33. The van der Waals surface area contributed by atoms with Gasteiger partial charge in [-0.3, -0.25) is 9.52 Å². The average Bonchev–Trinajstić information content (AvgIpc) is 3.34. The second-order valence-electron chi connectivity index (χ2n) is 7.64. The Bertz CT molecular complexity index is 1400. The number of benzene rings is 3. The van der Waals surface area contributed by atoms with Crippen LogP contribution in [0.4, 0.5) is 5.69 Å². The summed E-state index contributed by atoms with van der Waals surface area (Å²) in [6, 6.07) is 27.5. The molecular formula is C26H21BrN2O5S2. The maximum absolute atomic E-state index is 12.6. The summed E-state index contributed by atoms with van der Waals surface area (Å²) in [5.74, 6) is -1.15. The minimum absolute atomic E-state index is 0.160. The molecule has 0 saturated carbocycles. The number of nitrogens with one attached hydrogen (secondary N) is 2. The fourth-order valence-corrected chi connectivity index (χ4v) is 6.46. The second-order valence-corrected chi connectivity index (χ2v) is 12.0. The van der Waals surface area contributed by atoms with Gasteiger partial charge in [-0.05, 0) is 63.5 Å². The fourth-order valence-electron chi connectivity index (χ4n) is 3.39. The van der Waals surface area contributed by atoms with Crippen molar-refractivity contribution in [3.05, 3.63) is 118 Å². The van der Waals surface area contributed by atoms with Crippen LogP contribution in [0, 0.1) is 0 Å². The van der Waals surface area contributed by atoms with E-state index in [-0.39, 0.29) is 9.77 Å². The highest BCUT2D eigenvalue weighted by molar-refractivity contribution is 9.11. The van der Waals surface area contributed by atoms with Crippen LogP contribution in [0.5, 0.6) is 0 Å². The van der Waals surface area contributed by atoms with Crippen molar-refractivity contribution in [1.82, 2.24) is 5.32 Å². The predicted molar refractivity (Wildman–Crippen MR) is 142 cm³/mol. The van der Waals surface area contributed by atoms with E-state index in [1.165, 1.54) is 30.3 Å². The van der Waals surface area contributed by atoms with E-state index in [2.05, 4.69) is 26.0 Å². The molecular weight excluding hydrogens is 564 g/mol. The van der Waals surface area contributed by atoms with Gasteiger partial charge in [-0.25, -0.2) is 13.2 Å². The van der Waals surface area contributed by atoms with Crippen molar-refractivity contribution in [3.8, 4) is 0 Å². The summed E-state index contributed by atoms with van der Waals surface area (Å²) >= 11 is 4.33. The number of hydrogen-bond donors (Lipinski definition) is 2. The third-order valence-electron chi connectivity index (χ3n) is 5.09. The molecule has 0 aliphatic carbocycles. The van der Waals surface area contributed by atoms with Gasteiger partial charge in [-0.15, -0.1) is 11.3 Å². The Kier molecular flexibility index (Phi) is 8.19. The van der Waals surface area contributed by atoms with E-state index < -0.39 is 34.5 Å².